The molecule has 0 bridgehead atoms. The Morgan fingerprint density at radius 1 is 1.14 bits per heavy atom. The number of hydrogen-bond acceptors (Lipinski definition) is 4. The van der Waals surface area contributed by atoms with Crippen LogP contribution in [0, 0.1) is 6.92 Å². The summed E-state index contributed by atoms with van der Waals surface area (Å²) < 4.78 is 0. The fourth-order valence-corrected chi connectivity index (χ4v) is 5.41. The Kier molecular flexibility index (Phi) is 5.59. The quantitative estimate of drug-likeness (QED) is 0.677. The molecule has 1 aliphatic heterocycles. The first-order valence-corrected chi connectivity index (χ1v) is 11.1. The average Bonchev–Trinajstić information content (AvgIpc) is 3.38. The number of carbonyl (C=O) groups is 2. The highest BCUT2D eigenvalue weighted by molar-refractivity contribution is 7.10. The Morgan fingerprint density at radius 3 is 2.82 bits per heavy atom. The molecule has 3 heterocycles. The summed E-state index contributed by atoms with van der Waals surface area (Å²) in [6.07, 6.45) is 1.20. The van der Waals surface area contributed by atoms with Gasteiger partial charge in [-0.3, -0.25) is 9.59 Å². The molecule has 1 aliphatic rings. The number of nitrogens with one attached hydrogen (secondary N) is 1. The average molecular weight is 411 g/mol. The molecule has 6 heteroatoms. The maximum atomic E-state index is 13.0. The van der Waals surface area contributed by atoms with E-state index < -0.39 is 0 Å². The van der Waals surface area contributed by atoms with Crippen LogP contribution in [0.15, 0.2) is 53.2 Å². The van der Waals surface area contributed by atoms with E-state index in [0.717, 1.165) is 18.5 Å². The first-order chi connectivity index (χ1) is 13.6. The van der Waals surface area contributed by atoms with Crippen molar-refractivity contribution in [3.63, 3.8) is 0 Å². The van der Waals surface area contributed by atoms with Gasteiger partial charge in [0.05, 0.1) is 6.04 Å². The molecule has 2 amide bonds. The molecule has 3 aromatic rings. The van der Waals surface area contributed by atoms with Crippen molar-refractivity contribution >= 4 is 34.5 Å². The number of rotatable bonds is 5. The summed E-state index contributed by atoms with van der Waals surface area (Å²) in [7, 11) is 0. The van der Waals surface area contributed by atoms with Crippen molar-refractivity contribution in [3.8, 4) is 0 Å². The number of fused-ring (bicyclic) bond motifs is 1. The van der Waals surface area contributed by atoms with E-state index in [-0.39, 0.29) is 17.9 Å². The van der Waals surface area contributed by atoms with E-state index in [4.69, 9.17) is 0 Å². The normalized spacial score (nSPS) is 15.9. The highest BCUT2D eigenvalue weighted by atomic mass is 32.1. The maximum absolute atomic E-state index is 13.0. The minimum Gasteiger partial charge on any atom is -0.352 e. The molecule has 1 N–H and O–H groups in total. The third kappa shape index (κ3) is 3.88. The number of benzene rings is 1. The van der Waals surface area contributed by atoms with Gasteiger partial charge in [0.15, 0.2) is 0 Å². The Labute approximate surface area is 172 Å². The first kappa shape index (κ1) is 18.9. The molecule has 28 heavy (non-hydrogen) atoms. The van der Waals surface area contributed by atoms with Gasteiger partial charge in [-0.1, -0.05) is 23.8 Å². The summed E-state index contributed by atoms with van der Waals surface area (Å²) in [5, 5.41) is 7.05. The van der Waals surface area contributed by atoms with Crippen LogP contribution in [0.2, 0.25) is 0 Å². The topological polar surface area (TPSA) is 49.4 Å². The van der Waals surface area contributed by atoms with Crippen LogP contribution >= 0.6 is 22.7 Å². The van der Waals surface area contributed by atoms with Crippen LogP contribution in [-0.4, -0.2) is 29.8 Å². The van der Waals surface area contributed by atoms with Crippen molar-refractivity contribution in [2.24, 2.45) is 0 Å². The first-order valence-electron chi connectivity index (χ1n) is 9.37. The van der Waals surface area contributed by atoms with Crippen molar-refractivity contribution < 1.29 is 9.59 Å². The minimum absolute atomic E-state index is 0.00465. The predicted octanol–water partition coefficient (Wildman–Crippen LogP) is 4.41. The molecule has 0 fully saturated rings. The fraction of sp³-hybridized carbons (Fsp3) is 0.273. The second-order valence-corrected chi connectivity index (χ2v) is 8.91. The predicted molar refractivity (Wildman–Crippen MR) is 114 cm³/mol. The van der Waals surface area contributed by atoms with Crippen LogP contribution in [0.5, 0.6) is 0 Å². The van der Waals surface area contributed by atoms with Gasteiger partial charge in [-0.15, -0.1) is 22.7 Å². The van der Waals surface area contributed by atoms with Crippen LogP contribution < -0.4 is 5.32 Å². The molecule has 0 saturated heterocycles. The van der Waals surface area contributed by atoms with Crippen LogP contribution in [-0.2, 0) is 11.2 Å². The summed E-state index contributed by atoms with van der Waals surface area (Å²) in [5.41, 5.74) is 2.92. The lowest BCUT2D eigenvalue weighted by molar-refractivity contribution is -0.133. The zero-order valence-corrected chi connectivity index (χ0v) is 17.3. The van der Waals surface area contributed by atoms with Crippen LogP contribution in [0.1, 0.15) is 43.7 Å². The van der Waals surface area contributed by atoms with Crippen molar-refractivity contribution in [1.82, 2.24) is 10.2 Å². The molecule has 1 aromatic carbocycles. The van der Waals surface area contributed by atoms with Crippen molar-refractivity contribution in [2.45, 2.75) is 25.8 Å². The zero-order chi connectivity index (χ0) is 19.5. The Morgan fingerprint density at radius 2 is 2.04 bits per heavy atom. The van der Waals surface area contributed by atoms with E-state index in [1.807, 2.05) is 36.1 Å². The van der Waals surface area contributed by atoms with Crippen molar-refractivity contribution in [2.75, 3.05) is 13.1 Å². The molecule has 0 spiro atoms. The highest BCUT2D eigenvalue weighted by Gasteiger charge is 2.33. The molecular weight excluding hydrogens is 388 g/mol. The van der Waals surface area contributed by atoms with E-state index in [1.54, 1.807) is 28.7 Å². The lowest BCUT2D eigenvalue weighted by Crippen LogP contribution is -2.41. The molecule has 0 saturated carbocycles. The molecule has 1 atom stereocenters. The van der Waals surface area contributed by atoms with Crippen LogP contribution in [0.3, 0.4) is 0 Å². The standard InChI is InChI=1S/C22H22N2O2S2/c1-15-4-2-5-16(14-15)22(26)23-10-7-20(25)24-11-8-18-17(9-13-28-18)21(24)19-6-3-12-27-19/h2-6,9,12-14,21H,7-8,10-11H2,1H3,(H,23,26). The third-order valence-corrected chi connectivity index (χ3v) is 6.92. The second-order valence-electron chi connectivity index (χ2n) is 6.93. The van der Waals surface area contributed by atoms with Gasteiger partial charge in [-0.25, -0.2) is 0 Å². The summed E-state index contributed by atoms with van der Waals surface area (Å²) in [4.78, 5) is 29.8. The number of aryl methyl sites for hydroxylation is 1. The molecular formula is C22H22N2O2S2. The van der Waals surface area contributed by atoms with Gasteiger partial charge in [-0.05, 0) is 53.9 Å². The second kappa shape index (κ2) is 8.29. The minimum atomic E-state index is -0.134. The largest absolute Gasteiger partial charge is 0.352 e. The van der Waals surface area contributed by atoms with Gasteiger partial charge in [0.2, 0.25) is 5.91 Å². The van der Waals surface area contributed by atoms with Gasteiger partial charge < -0.3 is 10.2 Å². The smallest absolute Gasteiger partial charge is 0.251 e. The van der Waals surface area contributed by atoms with Gasteiger partial charge in [0.1, 0.15) is 0 Å². The van der Waals surface area contributed by atoms with Gasteiger partial charge in [0, 0.05) is 34.8 Å². The number of thiophene rings is 2. The molecule has 4 rings (SSSR count). The van der Waals surface area contributed by atoms with Gasteiger partial charge >= 0.3 is 0 Å². The van der Waals surface area contributed by atoms with Crippen LogP contribution in [0.4, 0.5) is 0 Å². The number of carbonyl (C=O) groups excluding carboxylic acids is 2. The van der Waals surface area contributed by atoms with E-state index in [1.165, 1.54) is 15.3 Å². The van der Waals surface area contributed by atoms with Crippen molar-refractivity contribution in [3.05, 3.63) is 79.7 Å². The molecule has 0 aliphatic carbocycles. The van der Waals surface area contributed by atoms with E-state index in [0.29, 0.717) is 18.5 Å². The maximum Gasteiger partial charge on any atom is 0.251 e. The molecule has 2 aromatic heterocycles. The molecule has 1 unspecified atom stereocenters. The SMILES string of the molecule is Cc1cccc(C(=O)NCCC(=O)N2CCc3sccc3C2c2cccs2)c1. The Bertz CT molecular complexity index is 978. The lowest BCUT2D eigenvalue weighted by atomic mass is 9.98. The monoisotopic (exact) mass is 410 g/mol. The fourth-order valence-electron chi connectivity index (χ4n) is 3.65. The lowest BCUT2D eigenvalue weighted by Gasteiger charge is -2.35. The Balaban J connectivity index is 1.42. The number of amides is 2. The summed E-state index contributed by atoms with van der Waals surface area (Å²) in [6.45, 7) is 3.02. The summed E-state index contributed by atoms with van der Waals surface area (Å²) >= 11 is 3.46. The van der Waals surface area contributed by atoms with E-state index in [2.05, 4.69) is 28.2 Å². The summed E-state index contributed by atoms with van der Waals surface area (Å²) in [5.74, 6) is -0.0511. The van der Waals surface area contributed by atoms with Crippen LogP contribution in [0.25, 0.3) is 0 Å². The number of hydrogen-bond donors (Lipinski definition) is 1. The van der Waals surface area contributed by atoms with Crippen molar-refractivity contribution in [1.29, 1.82) is 0 Å². The summed E-state index contributed by atoms with van der Waals surface area (Å²) in [6, 6.07) is 13.7. The molecule has 144 valence electrons. The highest BCUT2D eigenvalue weighted by Crippen LogP contribution is 2.39. The van der Waals surface area contributed by atoms with Gasteiger partial charge in [-0.2, -0.15) is 0 Å². The zero-order valence-electron chi connectivity index (χ0n) is 15.7. The van der Waals surface area contributed by atoms with Gasteiger partial charge in [0.25, 0.3) is 5.91 Å². The van der Waals surface area contributed by atoms with E-state index in [9.17, 15) is 9.59 Å². The van der Waals surface area contributed by atoms with E-state index >= 15 is 0 Å². The Hall–Kier alpha value is -2.44. The third-order valence-electron chi connectivity index (χ3n) is 5.00. The molecule has 4 nitrogen and oxygen atoms in total. The number of nitrogens with zero attached hydrogens (tertiary/aromatic N) is 1. The molecule has 0 radical (unpaired) electrons.